The first-order chi connectivity index (χ1) is 8.93. The Kier molecular flexibility index (Phi) is 3.61. The van der Waals surface area contributed by atoms with Gasteiger partial charge in [0.05, 0.1) is 10.5 Å². The van der Waals surface area contributed by atoms with Crippen LogP contribution in [0.2, 0.25) is 0 Å². The van der Waals surface area contributed by atoms with Crippen molar-refractivity contribution in [3.63, 3.8) is 0 Å². The first-order valence-electron chi connectivity index (χ1n) is 6.39. The number of hydrogen-bond acceptors (Lipinski definition) is 5. The molecule has 2 rings (SSSR count). The fraction of sp³-hybridized carbons (Fsp3) is 0.538. The second-order valence-electron chi connectivity index (χ2n) is 5.26. The van der Waals surface area contributed by atoms with E-state index in [0.717, 1.165) is 25.7 Å². The Balaban J connectivity index is 2.26. The average Bonchev–Trinajstić information content (AvgIpc) is 2.74. The molecule has 0 atom stereocenters. The van der Waals surface area contributed by atoms with Gasteiger partial charge in [-0.05, 0) is 25.0 Å². The van der Waals surface area contributed by atoms with Crippen molar-refractivity contribution < 1.29 is 10.0 Å². The Hall–Kier alpha value is -1.82. The molecule has 0 unspecified atom stereocenters. The number of anilines is 2. The van der Waals surface area contributed by atoms with E-state index < -0.39 is 10.5 Å². The van der Waals surface area contributed by atoms with Crippen molar-refractivity contribution in [3.8, 4) is 0 Å². The molecule has 1 aromatic carbocycles. The smallest absolute Gasteiger partial charge is 0.315 e. The van der Waals surface area contributed by atoms with Crippen molar-refractivity contribution >= 4 is 17.1 Å². The van der Waals surface area contributed by atoms with Gasteiger partial charge in [0.2, 0.25) is 0 Å². The molecule has 3 N–H and O–H groups in total. The molecule has 1 aliphatic carbocycles. The van der Waals surface area contributed by atoms with E-state index in [9.17, 15) is 15.2 Å². The van der Waals surface area contributed by atoms with E-state index in [1.807, 2.05) is 0 Å². The third-order valence-corrected chi connectivity index (χ3v) is 3.71. The van der Waals surface area contributed by atoms with Crippen molar-refractivity contribution in [1.82, 2.24) is 0 Å². The fourth-order valence-corrected chi connectivity index (χ4v) is 2.77. The minimum atomic E-state index is -0.743. The maximum Gasteiger partial charge on any atom is 0.315 e. The molecule has 0 heterocycles. The number of likely N-dealkylation sites (N-methyl/N-ethyl adjacent to an activating group) is 1. The summed E-state index contributed by atoms with van der Waals surface area (Å²) < 4.78 is 0. The molecule has 0 bridgehead atoms. The number of aliphatic hydroxyl groups is 1. The molecule has 0 radical (unpaired) electrons. The van der Waals surface area contributed by atoms with Gasteiger partial charge in [0.1, 0.15) is 11.4 Å². The summed E-state index contributed by atoms with van der Waals surface area (Å²) in [5, 5.41) is 21.5. The lowest BCUT2D eigenvalue weighted by atomic mass is 10.0. The van der Waals surface area contributed by atoms with E-state index in [4.69, 9.17) is 5.73 Å². The monoisotopic (exact) mass is 265 g/mol. The second-order valence-corrected chi connectivity index (χ2v) is 5.26. The predicted octanol–water partition coefficient (Wildman–Crippen LogP) is 1.92. The zero-order valence-electron chi connectivity index (χ0n) is 11.0. The molecular formula is C13H19N3O3. The lowest BCUT2D eigenvalue weighted by molar-refractivity contribution is -0.383. The first-order valence-corrected chi connectivity index (χ1v) is 6.39. The summed E-state index contributed by atoms with van der Waals surface area (Å²) in [6.45, 7) is 0.386. The molecule has 19 heavy (non-hydrogen) atoms. The van der Waals surface area contributed by atoms with Crippen LogP contribution in [0.1, 0.15) is 25.7 Å². The SMILES string of the molecule is CN(CC1(O)CCCC1)c1cccc(N)c1[N+](=O)[O-]. The Morgan fingerprint density at radius 1 is 1.47 bits per heavy atom. The maximum absolute atomic E-state index is 11.1. The van der Waals surface area contributed by atoms with E-state index in [0.29, 0.717) is 12.2 Å². The Morgan fingerprint density at radius 3 is 2.68 bits per heavy atom. The molecule has 1 saturated carbocycles. The summed E-state index contributed by atoms with van der Waals surface area (Å²) in [5.41, 5.74) is 5.43. The first kappa shape index (κ1) is 13.6. The van der Waals surface area contributed by atoms with Gasteiger partial charge >= 0.3 is 5.69 Å². The summed E-state index contributed by atoms with van der Waals surface area (Å²) in [5.74, 6) is 0. The highest BCUT2D eigenvalue weighted by atomic mass is 16.6. The standard InChI is InChI=1S/C13H19N3O3/c1-15(9-13(17)7-2-3-8-13)11-6-4-5-10(14)12(11)16(18)19/h4-6,17H,2-3,7-9,14H2,1H3. The highest BCUT2D eigenvalue weighted by molar-refractivity contribution is 5.75. The van der Waals surface area contributed by atoms with Crippen LogP contribution in [0.3, 0.4) is 0 Å². The molecule has 1 aromatic rings. The van der Waals surface area contributed by atoms with Crippen LogP contribution in [0.4, 0.5) is 17.1 Å². The predicted molar refractivity (Wildman–Crippen MR) is 74.2 cm³/mol. The Bertz CT molecular complexity index is 484. The number of nitro groups is 1. The number of nitrogen functional groups attached to an aromatic ring is 1. The molecule has 104 valence electrons. The molecular weight excluding hydrogens is 246 g/mol. The molecule has 6 heteroatoms. The number of nitro benzene ring substituents is 1. The highest BCUT2D eigenvalue weighted by Crippen LogP contribution is 2.36. The van der Waals surface area contributed by atoms with E-state index >= 15 is 0 Å². The van der Waals surface area contributed by atoms with Crippen LogP contribution in [0.5, 0.6) is 0 Å². The summed E-state index contributed by atoms with van der Waals surface area (Å²) in [4.78, 5) is 12.4. The van der Waals surface area contributed by atoms with Gasteiger partial charge in [-0.25, -0.2) is 0 Å². The summed E-state index contributed by atoms with van der Waals surface area (Å²) in [6, 6.07) is 4.86. The fourth-order valence-electron chi connectivity index (χ4n) is 2.77. The normalized spacial score (nSPS) is 17.4. The van der Waals surface area contributed by atoms with Crippen LogP contribution in [0.15, 0.2) is 18.2 Å². The minimum Gasteiger partial charge on any atom is -0.393 e. The molecule has 1 fully saturated rings. The van der Waals surface area contributed by atoms with Crippen molar-refractivity contribution in [1.29, 1.82) is 0 Å². The topological polar surface area (TPSA) is 92.6 Å². The zero-order valence-corrected chi connectivity index (χ0v) is 11.0. The minimum absolute atomic E-state index is 0.0911. The summed E-state index contributed by atoms with van der Waals surface area (Å²) in [6.07, 6.45) is 3.49. The quantitative estimate of drug-likeness (QED) is 0.493. The van der Waals surface area contributed by atoms with Crippen LogP contribution >= 0.6 is 0 Å². The molecule has 0 saturated heterocycles. The molecule has 0 amide bonds. The van der Waals surface area contributed by atoms with Crippen molar-refractivity contribution in [2.45, 2.75) is 31.3 Å². The lowest BCUT2D eigenvalue weighted by Crippen LogP contribution is -2.39. The lowest BCUT2D eigenvalue weighted by Gasteiger charge is -2.29. The Labute approximate surface area is 112 Å². The zero-order chi connectivity index (χ0) is 14.0. The van der Waals surface area contributed by atoms with Crippen LogP contribution in [0.25, 0.3) is 0 Å². The third kappa shape index (κ3) is 2.78. The number of rotatable bonds is 4. The van der Waals surface area contributed by atoms with Gasteiger partial charge in [0, 0.05) is 13.6 Å². The maximum atomic E-state index is 11.1. The van der Waals surface area contributed by atoms with Crippen molar-refractivity contribution in [2.24, 2.45) is 0 Å². The molecule has 0 aromatic heterocycles. The molecule has 6 nitrogen and oxygen atoms in total. The number of hydrogen-bond donors (Lipinski definition) is 2. The number of nitrogens with zero attached hydrogens (tertiary/aromatic N) is 2. The van der Waals surface area contributed by atoms with Crippen LogP contribution < -0.4 is 10.6 Å². The number of nitrogens with two attached hydrogens (primary N) is 1. The number of para-hydroxylation sites is 1. The van der Waals surface area contributed by atoms with Crippen LogP contribution in [-0.2, 0) is 0 Å². The van der Waals surface area contributed by atoms with Crippen LogP contribution in [0, 0.1) is 10.1 Å². The molecule has 0 aliphatic heterocycles. The third-order valence-electron chi connectivity index (χ3n) is 3.71. The van der Waals surface area contributed by atoms with Crippen LogP contribution in [-0.4, -0.2) is 29.2 Å². The number of benzene rings is 1. The molecule has 0 spiro atoms. The van der Waals surface area contributed by atoms with E-state index in [1.165, 1.54) is 6.07 Å². The van der Waals surface area contributed by atoms with Gasteiger partial charge in [0.25, 0.3) is 0 Å². The average molecular weight is 265 g/mol. The summed E-state index contributed by atoms with van der Waals surface area (Å²) in [7, 11) is 1.75. The second kappa shape index (κ2) is 5.05. The van der Waals surface area contributed by atoms with E-state index in [1.54, 1.807) is 24.1 Å². The van der Waals surface area contributed by atoms with Gasteiger partial charge in [0.15, 0.2) is 0 Å². The van der Waals surface area contributed by atoms with Gasteiger partial charge in [-0.2, -0.15) is 0 Å². The van der Waals surface area contributed by atoms with E-state index in [-0.39, 0.29) is 11.4 Å². The Morgan fingerprint density at radius 2 is 2.11 bits per heavy atom. The van der Waals surface area contributed by atoms with Crippen molar-refractivity contribution in [2.75, 3.05) is 24.2 Å². The highest BCUT2D eigenvalue weighted by Gasteiger charge is 2.33. The van der Waals surface area contributed by atoms with Gasteiger partial charge in [-0.1, -0.05) is 18.9 Å². The van der Waals surface area contributed by atoms with E-state index in [2.05, 4.69) is 0 Å². The van der Waals surface area contributed by atoms with Gasteiger partial charge in [-0.15, -0.1) is 0 Å². The van der Waals surface area contributed by atoms with Gasteiger partial charge < -0.3 is 15.7 Å². The van der Waals surface area contributed by atoms with Gasteiger partial charge in [-0.3, -0.25) is 10.1 Å². The summed E-state index contributed by atoms with van der Waals surface area (Å²) >= 11 is 0. The molecule has 1 aliphatic rings. The van der Waals surface area contributed by atoms with Crippen molar-refractivity contribution in [3.05, 3.63) is 28.3 Å². The largest absolute Gasteiger partial charge is 0.393 e.